The maximum atomic E-state index is 13.4. The lowest BCUT2D eigenvalue weighted by Crippen LogP contribution is -2.51. The van der Waals surface area contributed by atoms with Crippen LogP contribution in [0.25, 0.3) is 0 Å². The lowest BCUT2D eigenvalue weighted by Gasteiger charge is -2.40. The minimum absolute atomic E-state index is 0.0359. The van der Waals surface area contributed by atoms with Crippen molar-refractivity contribution in [1.82, 2.24) is 19.9 Å². The Bertz CT molecular complexity index is 1060. The van der Waals surface area contributed by atoms with E-state index in [4.69, 9.17) is 9.78 Å². The van der Waals surface area contributed by atoms with Crippen LogP contribution in [0.1, 0.15) is 68.1 Å². The Labute approximate surface area is 201 Å². The van der Waals surface area contributed by atoms with Crippen LogP contribution in [-0.2, 0) is 0 Å². The fraction of sp³-hybridized carbons (Fsp3) is 0.583. The van der Waals surface area contributed by atoms with E-state index in [1.807, 2.05) is 13.8 Å². The Hall–Kier alpha value is -3.29. The Morgan fingerprint density at radius 1 is 1.14 bits per heavy atom. The molecule has 4 rings (SSSR count). The molecule has 2 atom stereocenters. The molecule has 1 aromatic heterocycles. The molecule has 2 aromatic rings. The molecule has 2 aliphatic rings. The van der Waals surface area contributed by atoms with Crippen LogP contribution in [-0.4, -0.2) is 58.5 Å². The normalized spacial score (nSPS) is 21.7. The van der Waals surface area contributed by atoms with Crippen molar-refractivity contribution in [1.29, 1.82) is 5.26 Å². The topological polar surface area (TPSA) is 95.5 Å². The van der Waals surface area contributed by atoms with E-state index in [0.29, 0.717) is 57.2 Å². The van der Waals surface area contributed by atoms with Crippen LogP contribution in [0, 0.1) is 17.2 Å². The molecule has 2 saturated heterocycles. The maximum Gasteiger partial charge on any atom is 0.573 e. The van der Waals surface area contributed by atoms with Crippen molar-refractivity contribution in [3.05, 3.63) is 41.5 Å². The summed E-state index contributed by atoms with van der Waals surface area (Å²) in [6.45, 7) is 5.78. The minimum Gasteiger partial charge on any atom is -0.406 e. The molecule has 188 valence electrons. The van der Waals surface area contributed by atoms with Gasteiger partial charge in [-0.2, -0.15) is 10.2 Å². The highest BCUT2D eigenvalue weighted by atomic mass is 19.4. The van der Waals surface area contributed by atoms with Gasteiger partial charge in [-0.3, -0.25) is 0 Å². The van der Waals surface area contributed by atoms with Gasteiger partial charge in [0.05, 0.1) is 12.0 Å². The number of halogens is 3. The first-order valence-electron chi connectivity index (χ1n) is 11.8. The predicted octanol–water partition coefficient (Wildman–Crippen LogP) is 5.02. The average Bonchev–Trinajstić information content (AvgIpc) is 3.34. The zero-order chi connectivity index (χ0) is 25.2. The minimum atomic E-state index is -4.76. The third kappa shape index (κ3) is 6.05. The van der Waals surface area contributed by atoms with Crippen LogP contribution in [0.2, 0.25) is 0 Å². The predicted molar refractivity (Wildman–Crippen MR) is 118 cm³/mol. The van der Waals surface area contributed by atoms with E-state index in [2.05, 4.69) is 20.9 Å². The van der Waals surface area contributed by atoms with Gasteiger partial charge in [0.2, 0.25) is 5.89 Å². The highest BCUT2D eigenvalue weighted by Gasteiger charge is 2.37. The number of rotatable bonds is 4. The molecule has 2 unspecified atom stereocenters. The van der Waals surface area contributed by atoms with Crippen LogP contribution in [0.5, 0.6) is 5.75 Å². The van der Waals surface area contributed by atoms with Gasteiger partial charge in [0, 0.05) is 43.9 Å². The third-order valence-corrected chi connectivity index (χ3v) is 6.58. The largest absolute Gasteiger partial charge is 0.573 e. The number of benzene rings is 1. The lowest BCUT2D eigenvalue weighted by atomic mass is 9.84. The SMILES string of the molecule is CC(C)c1noc(C2CC(c3ccc(OC(F)(F)F)cc3)CN(C(=O)N3CCC(C#N)CC3)C2)n1. The summed E-state index contributed by atoms with van der Waals surface area (Å²) in [4.78, 5) is 21.4. The molecule has 2 amide bonds. The van der Waals surface area contributed by atoms with Gasteiger partial charge in [-0.15, -0.1) is 13.2 Å². The summed E-state index contributed by atoms with van der Waals surface area (Å²) in [5, 5.41) is 13.2. The molecule has 2 fully saturated rings. The van der Waals surface area contributed by atoms with Crippen molar-refractivity contribution in [2.75, 3.05) is 26.2 Å². The highest BCUT2D eigenvalue weighted by molar-refractivity contribution is 5.75. The number of aromatic nitrogens is 2. The fourth-order valence-electron chi connectivity index (χ4n) is 4.66. The molecule has 0 bridgehead atoms. The first-order valence-corrected chi connectivity index (χ1v) is 11.8. The number of likely N-dealkylation sites (tertiary alicyclic amines) is 2. The lowest BCUT2D eigenvalue weighted by molar-refractivity contribution is -0.274. The standard InChI is InChI=1S/C24H28F3N5O3/c1-15(2)21-29-22(35-30-21)19-11-18(17-3-5-20(6-4-17)34-24(25,26)27)13-32(14-19)23(33)31-9-7-16(12-28)8-10-31/h3-6,15-16,18-19H,7-11,13-14H2,1-2H3. The molecule has 0 aliphatic carbocycles. The molecular weight excluding hydrogens is 463 g/mol. The van der Waals surface area contributed by atoms with Crippen molar-refractivity contribution in [3.63, 3.8) is 0 Å². The molecule has 1 aromatic carbocycles. The Morgan fingerprint density at radius 3 is 2.37 bits per heavy atom. The van der Waals surface area contributed by atoms with Gasteiger partial charge in [0.25, 0.3) is 0 Å². The summed E-state index contributed by atoms with van der Waals surface area (Å²) in [6, 6.07) is 7.93. The van der Waals surface area contributed by atoms with Crippen LogP contribution in [0.15, 0.2) is 28.8 Å². The number of amides is 2. The quantitative estimate of drug-likeness (QED) is 0.596. The zero-order valence-corrected chi connectivity index (χ0v) is 19.7. The molecule has 0 spiro atoms. The second-order valence-electron chi connectivity index (χ2n) is 9.47. The Morgan fingerprint density at radius 2 is 1.80 bits per heavy atom. The number of carbonyl (C=O) groups excluding carboxylic acids is 1. The average molecular weight is 492 g/mol. The van der Waals surface area contributed by atoms with E-state index in [9.17, 15) is 18.0 Å². The third-order valence-electron chi connectivity index (χ3n) is 6.58. The molecule has 0 radical (unpaired) electrons. The van der Waals surface area contributed by atoms with Crippen LogP contribution in [0.3, 0.4) is 0 Å². The Kier molecular flexibility index (Phi) is 7.19. The second kappa shape index (κ2) is 10.1. The Balaban J connectivity index is 1.55. The van der Waals surface area contributed by atoms with Gasteiger partial charge in [0.1, 0.15) is 5.75 Å². The van der Waals surface area contributed by atoms with E-state index >= 15 is 0 Å². The molecule has 2 aliphatic heterocycles. The summed E-state index contributed by atoms with van der Waals surface area (Å²) in [5.74, 6) is 0.464. The summed E-state index contributed by atoms with van der Waals surface area (Å²) in [7, 11) is 0. The second-order valence-corrected chi connectivity index (χ2v) is 9.47. The number of carbonyl (C=O) groups is 1. The van der Waals surface area contributed by atoms with Crippen LogP contribution in [0.4, 0.5) is 18.0 Å². The van der Waals surface area contributed by atoms with Crippen molar-refractivity contribution >= 4 is 6.03 Å². The van der Waals surface area contributed by atoms with Gasteiger partial charge in [-0.1, -0.05) is 31.1 Å². The number of nitriles is 1. The smallest absolute Gasteiger partial charge is 0.406 e. The van der Waals surface area contributed by atoms with Crippen molar-refractivity contribution in [2.24, 2.45) is 5.92 Å². The van der Waals surface area contributed by atoms with Crippen LogP contribution >= 0.6 is 0 Å². The number of hydrogen-bond donors (Lipinski definition) is 0. The van der Waals surface area contributed by atoms with Gasteiger partial charge in [0.15, 0.2) is 5.82 Å². The highest BCUT2D eigenvalue weighted by Crippen LogP contribution is 2.37. The zero-order valence-electron chi connectivity index (χ0n) is 19.7. The van der Waals surface area contributed by atoms with Gasteiger partial charge in [-0.05, 0) is 37.0 Å². The first kappa shape index (κ1) is 24.8. The van der Waals surface area contributed by atoms with E-state index in [1.54, 1.807) is 21.9 Å². The number of ether oxygens (including phenoxy) is 1. The van der Waals surface area contributed by atoms with Gasteiger partial charge in [-0.25, -0.2) is 4.79 Å². The first-order chi connectivity index (χ1) is 16.6. The number of alkyl halides is 3. The number of nitrogens with zero attached hydrogens (tertiary/aromatic N) is 5. The molecule has 0 N–H and O–H groups in total. The molecule has 8 nitrogen and oxygen atoms in total. The van der Waals surface area contributed by atoms with Crippen molar-refractivity contribution in [3.8, 4) is 11.8 Å². The van der Waals surface area contributed by atoms with E-state index < -0.39 is 6.36 Å². The van der Waals surface area contributed by atoms with Gasteiger partial charge < -0.3 is 19.1 Å². The molecule has 11 heteroatoms. The summed E-state index contributed by atoms with van der Waals surface area (Å²) < 4.78 is 47.2. The van der Waals surface area contributed by atoms with Gasteiger partial charge >= 0.3 is 12.4 Å². The molecule has 35 heavy (non-hydrogen) atoms. The van der Waals surface area contributed by atoms with E-state index in [1.165, 1.54) is 12.1 Å². The number of hydrogen-bond acceptors (Lipinski definition) is 6. The summed E-state index contributed by atoms with van der Waals surface area (Å²) >= 11 is 0. The maximum absolute atomic E-state index is 13.4. The summed E-state index contributed by atoms with van der Waals surface area (Å²) in [5.41, 5.74) is 0.800. The number of piperidine rings is 2. The molecule has 3 heterocycles. The van der Waals surface area contributed by atoms with E-state index in [0.717, 1.165) is 5.56 Å². The van der Waals surface area contributed by atoms with E-state index in [-0.39, 0.29) is 35.5 Å². The summed E-state index contributed by atoms with van der Waals surface area (Å²) in [6.07, 6.45) is -2.86. The fourth-order valence-corrected chi connectivity index (χ4v) is 4.66. The van der Waals surface area contributed by atoms with Crippen LogP contribution < -0.4 is 4.74 Å². The van der Waals surface area contributed by atoms with Crippen molar-refractivity contribution < 1.29 is 27.2 Å². The monoisotopic (exact) mass is 491 g/mol. The number of urea groups is 1. The molecular formula is C24H28F3N5O3. The van der Waals surface area contributed by atoms with Crippen molar-refractivity contribution in [2.45, 2.75) is 57.2 Å². The molecule has 0 saturated carbocycles.